The predicted molar refractivity (Wildman–Crippen MR) is 153 cm³/mol. The second-order valence-electron chi connectivity index (χ2n) is 10.6. The zero-order chi connectivity index (χ0) is 28.2. The molecule has 0 aliphatic carbocycles. The maximum Gasteiger partial charge on any atom is 0.147 e. The van der Waals surface area contributed by atoms with Crippen LogP contribution in [0.1, 0.15) is 52.8 Å². The molecule has 3 heterocycles. The summed E-state index contributed by atoms with van der Waals surface area (Å²) in [7, 11) is 0. The lowest BCUT2D eigenvalue weighted by atomic mass is 9.81. The van der Waals surface area contributed by atoms with Crippen LogP contribution in [-0.2, 0) is 29.9 Å². The van der Waals surface area contributed by atoms with Crippen molar-refractivity contribution >= 4 is 10.9 Å². The number of nitrogens with one attached hydrogen (secondary N) is 1. The molecule has 0 spiro atoms. The summed E-state index contributed by atoms with van der Waals surface area (Å²) in [5.41, 5.74) is 4.50. The molecule has 5 nitrogen and oxygen atoms in total. The van der Waals surface area contributed by atoms with Crippen molar-refractivity contribution in [3.8, 4) is 6.07 Å². The zero-order valence-corrected chi connectivity index (χ0v) is 22.7. The topological polar surface area (TPSA) is 65.2 Å². The third-order valence-corrected chi connectivity index (χ3v) is 8.09. The third kappa shape index (κ3) is 5.54. The molecule has 0 radical (unpaired) electrons. The smallest absolute Gasteiger partial charge is 0.147 e. The van der Waals surface area contributed by atoms with Gasteiger partial charge in [-0.05, 0) is 103 Å². The molecule has 5 aromatic rings. The van der Waals surface area contributed by atoms with Gasteiger partial charge < -0.3 is 14.1 Å². The van der Waals surface area contributed by atoms with E-state index >= 15 is 0 Å². The fourth-order valence-corrected chi connectivity index (χ4v) is 6.08. The van der Waals surface area contributed by atoms with Crippen LogP contribution < -0.4 is 0 Å². The van der Waals surface area contributed by atoms with Crippen molar-refractivity contribution in [1.82, 2.24) is 9.88 Å². The molecular weight excluding hydrogens is 520 g/mol. The van der Waals surface area contributed by atoms with Gasteiger partial charge in [0.15, 0.2) is 0 Å². The zero-order valence-electron chi connectivity index (χ0n) is 22.7. The van der Waals surface area contributed by atoms with Gasteiger partial charge in [0.05, 0.1) is 36.6 Å². The van der Waals surface area contributed by atoms with E-state index in [2.05, 4.69) is 16.0 Å². The molecule has 3 aromatic carbocycles. The molecule has 6 rings (SSSR count). The van der Waals surface area contributed by atoms with E-state index in [1.165, 1.54) is 18.2 Å². The van der Waals surface area contributed by atoms with E-state index in [4.69, 9.17) is 9.15 Å². The Balaban J connectivity index is 1.18. The van der Waals surface area contributed by atoms with Crippen molar-refractivity contribution < 1.29 is 17.9 Å². The van der Waals surface area contributed by atoms with Gasteiger partial charge in [-0.1, -0.05) is 30.3 Å². The Kier molecular flexibility index (Phi) is 7.69. The summed E-state index contributed by atoms with van der Waals surface area (Å²) in [5, 5.41) is 10.3. The van der Waals surface area contributed by atoms with Gasteiger partial charge in [-0.3, -0.25) is 4.90 Å². The largest absolute Gasteiger partial charge is 0.468 e. The first-order valence-corrected chi connectivity index (χ1v) is 14.0. The van der Waals surface area contributed by atoms with E-state index in [-0.39, 0.29) is 11.6 Å². The highest BCUT2D eigenvalue weighted by Gasteiger charge is 2.41. The molecule has 208 valence electrons. The minimum atomic E-state index is -0.707. The summed E-state index contributed by atoms with van der Waals surface area (Å²) in [6.07, 6.45) is 6.86. The number of nitriles is 1. The number of hydrogen-bond donors (Lipinski definition) is 1. The SMILES string of the molecule is N#Cc1ccc2c(c1)COC2(CCCN(CCCc1c[nH]c2c(F)cccc12)Cc1ccco1)c1ccc(F)cc1. The van der Waals surface area contributed by atoms with Crippen LogP contribution in [0.5, 0.6) is 0 Å². The number of aromatic amines is 1. The van der Waals surface area contributed by atoms with Gasteiger partial charge in [0.25, 0.3) is 0 Å². The molecule has 2 aromatic heterocycles. The highest BCUT2D eigenvalue weighted by Crippen LogP contribution is 2.45. The Bertz CT molecular complexity index is 1670. The lowest BCUT2D eigenvalue weighted by Gasteiger charge is -2.32. The molecule has 1 atom stereocenters. The van der Waals surface area contributed by atoms with Crippen LogP contribution in [0.4, 0.5) is 8.78 Å². The first-order chi connectivity index (χ1) is 20.1. The lowest BCUT2D eigenvalue weighted by molar-refractivity contribution is -0.0148. The quantitative estimate of drug-likeness (QED) is 0.184. The predicted octanol–water partition coefficient (Wildman–Crippen LogP) is 7.60. The average molecular weight is 552 g/mol. The van der Waals surface area contributed by atoms with Crippen molar-refractivity contribution in [2.45, 2.75) is 44.4 Å². The standard InChI is InChI=1S/C34H31F2N3O2/c35-28-12-10-27(11-13-28)34(31-14-9-24(20-37)19-26(31)23-41-34)15-4-17-39(22-29-6-3-18-40-29)16-2-5-25-21-38-33-30(25)7-1-8-32(33)36/h1,3,6-14,18-19,21,38H,2,4-5,15-17,22-23H2. The number of fused-ring (bicyclic) bond motifs is 2. The molecule has 0 saturated heterocycles. The second kappa shape index (κ2) is 11.7. The van der Waals surface area contributed by atoms with Crippen LogP contribution >= 0.6 is 0 Å². The summed E-state index contributed by atoms with van der Waals surface area (Å²) < 4.78 is 40.1. The molecular formula is C34H31F2N3O2. The lowest BCUT2D eigenvalue weighted by Crippen LogP contribution is -2.31. The van der Waals surface area contributed by atoms with Crippen LogP contribution in [0.3, 0.4) is 0 Å². The van der Waals surface area contributed by atoms with Gasteiger partial charge in [0, 0.05) is 11.6 Å². The van der Waals surface area contributed by atoms with Gasteiger partial charge in [-0.25, -0.2) is 8.78 Å². The first kappa shape index (κ1) is 26.9. The normalized spacial score (nSPS) is 16.3. The van der Waals surface area contributed by atoms with E-state index in [0.717, 1.165) is 65.8 Å². The van der Waals surface area contributed by atoms with E-state index in [0.29, 0.717) is 30.7 Å². The number of aryl methyl sites for hydroxylation is 1. The fourth-order valence-electron chi connectivity index (χ4n) is 6.08. The molecule has 41 heavy (non-hydrogen) atoms. The van der Waals surface area contributed by atoms with Crippen molar-refractivity contribution in [2.24, 2.45) is 0 Å². The van der Waals surface area contributed by atoms with E-state index in [9.17, 15) is 14.0 Å². The number of halogens is 2. The Morgan fingerprint density at radius 1 is 0.976 bits per heavy atom. The summed E-state index contributed by atoms with van der Waals surface area (Å²) in [4.78, 5) is 5.45. The number of nitrogens with zero attached hydrogens (tertiary/aromatic N) is 2. The van der Waals surface area contributed by atoms with Crippen LogP contribution in [0.25, 0.3) is 10.9 Å². The van der Waals surface area contributed by atoms with Crippen molar-refractivity contribution in [3.05, 3.63) is 130 Å². The van der Waals surface area contributed by atoms with Gasteiger partial charge in [0.2, 0.25) is 0 Å². The highest BCUT2D eigenvalue weighted by atomic mass is 19.1. The monoisotopic (exact) mass is 551 g/mol. The summed E-state index contributed by atoms with van der Waals surface area (Å²) in [5.74, 6) is 0.381. The summed E-state index contributed by atoms with van der Waals surface area (Å²) in [6, 6.07) is 23.5. The van der Waals surface area contributed by atoms with Gasteiger partial charge in [-0.15, -0.1) is 0 Å². The Hall–Kier alpha value is -4.25. The van der Waals surface area contributed by atoms with Crippen LogP contribution in [0, 0.1) is 23.0 Å². The number of benzene rings is 3. The van der Waals surface area contributed by atoms with Crippen molar-refractivity contribution in [1.29, 1.82) is 5.26 Å². The maximum atomic E-state index is 14.1. The molecule has 1 aliphatic rings. The summed E-state index contributed by atoms with van der Waals surface area (Å²) in [6.45, 7) is 2.74. The minimum absolute atomic E-state index is 0.233. The Morgan fingerprint density at radius 3 is 2.63 bits per heavy atom. The molecule has 0 fully saturated rings. The Morgan fingerprint density at radius 2 is 1.83 bits per heavy atom. The van der Waals surface area contributed by atoms with Crippen LogP contribution in [-0.4, -0.2) is 23.0 Å². The van der Waals surface area contributed by atoms with Gasteiger partial charge >= 0.3 is 0 Å². The van der Waals surface area contributed by atoms with Gasteiger partial charge in [-0.2, -0.15) is 5.26 Å². The van der Waals surface area contributed by atoms with Gasteiger partial charge in [0.1, 0.15) is 23.0 Å². The number of ether oxygens (including phenoxy) is 1. The second-order valence-corrected chi connectivity index (χ2v) is 10.6. The van der Waals surface area contributed by atoms with E-state index < -0.39 is 5.60 Å². The fraction of sp³-hybridized carbons (Fsp3) is 0.265. The molecule has 1 unspecified atom stereocenters. The molecule has 0 amide bonds. The van der Waals surface area contributed by atoms with Crippen molar-refractivity contribution in [2.75, 3.05) is 13.1 Å². The maximum absolute atomic E-state index is 14.1. The third-order valence-electron chi connectivity index (χ3n) is 8.09. The number of aromatic nitrogens is 1. The van der Waals surface area contributed by atoms with Crippen LogP contribution in [0.2, 0.25) is 0 Å². The summed E-state index contributed by atoms with van der Waals surface area (Å²) >= 11 is 0. The average Bonchev–Trinajstić information content (AvgIpc) is 3.74. The molecule has 7 heteroatoms. The number of para-hydroxylation sites is 1. The minimum Gasteiger partial charge on any atom is -0.468 e. The molecule has 0 bridgehead atoms. The van der Waals surface area contributed by atoms with E-state index in [1.54, 1.807) is 24.5 Å². The van der Waals surface area contributed by atoms with E-state index in [1.807, 2.05) is 42.6 Å². The number of H-pyrrole nitrogens is 1. The van der Waals surface area contributed by atoms with Crippen LogP contribution in [0.15, 0.2) is 89.7 Å². The Labute approximate surface area is 238 Å². The highest BCUT2D eigenvalue weighted by molar-refractivity contribution is 5.83. The first-order valence-electron chi connectivity index (χ1n) is 14.0. The molecule has 1 aliphatic heterocycles. The number of rotatable bonds is 11. The molecule has 1 N–H and O–H groups in total. The number of furan rings is 1. The number of hydrogen-bond acceptors (Lipinski definition) is 4. The van der Waals surface area contributed by atoms with Crippen molar-refractivity contribution in [3.63, 3.8) is 0 Å². The molecule has 0 saturated carbocycles.